The number of fused-ring (bicyclic) bond motifs is 1. The first kappa shape index (κ1) is 14.4. The number of hydrogen-bond acceptors (Lipinski definition) is 3. The zero-order valence-corrected chi connectivity index (χ0v) is 13.0. The Balaban J connectivity index is 1.75. The molecule has 1 aromatic rings. The summed E-state index contributed by atoms with van der Waals surface area (Å²) in [6.45, 7) is 3.47. The highest BCUT2D eigenvalue weighted by Gasteiger charge is 2.30. The summed E-state index contributed by atoms with van der Waals surface area (Å²) in [6.07, 6.45) is 4.52. The maximum Gasteiger partial charge on any atom is 0.242 e. The van der Waals surface area contributed by atoms with Crippen LogP contribution in [-0.4, -0.2) is 37.0 Å². The normalized spacial score (nSPS) is 19.1. The standard InChI is InChI=1S/C17H25N3O/c1-12(18)13-5-8-16-14(10-13)4-3-9-20(16)11-17(21)19(2)15-6-7-15/h5,8,10,12,15H,3-4,6-7,9,11,18H2,1-2H3. The van der Waals surface area contributed by atoms with Gasteiger partial charge < -0.3 is 15.5 Å². The van der Waals surface area contributed by atoms with Crippen LogP contribution in [0.15, 0.2) is 18.2 Å². The minimum Gasteiger partial charge on any atom is -0.362 e. The maximum atomic E-state index is 12.3. The molecular weight excluding hydrogens is 262 g/mol. The van der Waals surface area contributed by atoms with E-state index in [4.69, 9.17) is 5.73 Å². The molecule has 1 aliphatic carbocycles. The maximum absolute atomic E-state index is 12.3. The molecule has 1 fully saturated rings. The predicted molar refractivity (Wildman–Crippen MR) is 85.4 cm³/mol. The molecule has 0 saturated heterocycles. The van der Waals surface area contributed by atoms with E-state index in [-0.39, 0.29) is 11.9 Å². The van der Waals surface area contributed by atoms with Gasteiger partial charge in [0, 0.05) is 31.4 Å². The molecule has 0 spiro atoms. The van der Waals surface area contributed by atoms with Crippen LogP contribution >= 0.6 is 0 Å². The third-order valence-electron chi connectivity index (χ3n) is 4.66. The molecule has 1 heterocycles. The van der Waals surface area contributed by atoms with Crippen LogP contribution in [0.4, 0.5) is 5.69 Å². The van der Waals surface area contributed by atoms with Crippen molar-refractivity contribution in [2.24, 2.45) is 5.73 Å². The molecule has 1 aliphatic heterocycles. The lowest BCUT2D eigenvalue weighted by Gasteiger charge is -2.32. The molecule has 2 aliphatic rings. The second-order valence-corrected chi connectivity index (χ2v) is 6.44. The van der Waals surface area contributed by atoms with Gasteiger partial charge in [-0.2, -0.15) is 0 Å². The number of anilines is 1. The van der Waals surface area contributed by atoms with Crippen molar-refractivity contribution >= 4 is 11.6 Å². The number of carbonyl (C=O) groups is 1. The Kier molecular flexibility index (Phi) is 3.89. The van der Waals surface area contributed by atoms with E-state index in [9.17, 15) is 4.79 Å². The van der Waals surface area contributed by atoms with Gasteiger partial charge in [0.15, 0.2) is 0 Å². The van der Waals surface area contributed by atoms with Crippen molar-refractivity contribution in [1.29, 1.82) is 0 Å². The summed E-state index contributed by atoms with van der Waals surface area (Å²) in [6, 6.07) is 6.99. The van der Waals surface area contributed by atoms with Gasteiger partial charge in [-0.3, -0.25) is 4.79 Å². The van der Waals surface area contributed by atoms with Crippen LogP contribution in [0, 0.1) is 0 Å². The minimum absolute atomic E-state index is 0.0632. The van der Waals surface area contributed by atoms with Crippen LogP contribution in [0.3, 0.4) is 0 Å². The van der Waals surface area contributed by atoms with Crippen LogP contribution in [0.25, 0.3) is 0 Å². The smallest absolute Gasteiger partial charge is 0.242 e. The van der Waals surface area contributed by atoms with Crippen LogP contribution in [0.1, 0.15) is 43.4 Å². The third kappa shape index (κ3) is 3.05. The number of nitrogens with zero attached hydrogens (tertiary/aromatic N) is 2. The fourth-order valence-corrected chi connectivity index (χ4v) is 3.08. The van der Waals surface area contributed by atoms with Gasteiger partial charge in [-0.05, 0) is 49.8 Å². The molecule has 1 amide bonds. The molecule has 1 saturated carbocycles. The van der Waals surface area contributed by atoms with Gasteiger partial charge in [0.05, 0.1) is 6.54 Å². The van der Waals surface area contributed by atoms with E-state index in [2.05, 4.69) is 23.1 Å². The predicted octanol–water partition coefficient (Wildman–Crippen LogP) is 2.08. The molecule has 4 heteroatoms. The molecule has 1 atom stereocenters. The second kappa shape index (κ2) is 5.68. The van der Waals surface area contributed by atoms with E-state index >= 15 is 0 Å². The lowest BCUT2D eigenvalue weighted by molar-refractivity contribution is -0.128. The van der Waals surface area contributed by atoms with E-state index in [1.165, 1.54) is 16.8 Å². The molecule has 3 rings (SSSR count). The zero-order chi connectivity index (χ0) is 15.0. The van der Waals surface area contributed by atoms with E-state index < -0.39 is 0 Å². The molecule has 0 bridgehead atoms. The highest BCUT2D eigenvalue weighted by atomic mass is 16.2. The molecule has 0 radical (unpaired) electrons. The number of aryl methyl sites for hydroxylation is 1. The van der Waals surface area contributed by atoms with Gasteiger partial charge in [0.1, 0.15) is 0 Å². The van der Waals surface area contributed by atoms with Gasteiger partial charge in [-0.1, -0.05) is 12.1 Å². The highest BCUT2D eigenvalue weighted by Crippen LogP contribution is 2.30. The fraction of sp³-hybridized carbons (Fsp3) is 0.588. The molecular formula is C17H25N3O. The Labute approximate surface area is 126 Å². The second-order valence-electron chi connectivity index (χ2n) is 6.44. The van der Waals surface area contributed by atoms with E-state index in [0.29, 0.717) is 12.6 Å². The average Bonchev–Trinajstić information content (AvgIpc) is 3.30. The number of nitrogens with two attached hydrogens (primary N) is 1. The first-order valence-corrected chi connectivity index (χ1v) is 7.95. The number of hydrogen-bond donors (Lipinski definition) is 1. The summed E-state index contributed by atoms with van der Waals surface area (Å²) in [5.41, 5.74) is 9.69. The molecule has 1 aromatic carbocycles. The molecule has 21 heavy (non-hydrogen) atoms. The molecule has 2 N–H and O–H groups in total. The first-order valence-electron chi connectivity index (χ1n) is 7.95. The van der Waals surface area contributed by atoms with Crippen molar-refractivity contribution in [2.45, 2.75) is 44.7 Å². The Morgan fingerprint density at radius 2 is 2.24 bits per heavy atom. The molecule has 114 valence electrons. The number of rotatable bonds is 4. The van der Waals surface area contributed by atoms with Crippen LogP contribution < -0.4 is 10.6 Å². The van der Waals surface area contributed by atoms with Crippen LogP contribution in [0.2, 0.25) is 0 Å². The molecule has 4 nitrogen and oxygen atoms in total. The number of likely N-dealkylation sites (N-methyl/N-ethyl adjacent to an activating group) is 1. The van der Waals surface area contributed by atoms with Gasteiger partial charge in [0.25, 0.3) is 0 Å². The highest BCUT2D eigenvalue weighted by molar-refractivity contribution is 5.82. The lowest BCUT2D eigenvalue weighted by Crippen LogP contribution is -2.41. The van der Waals surface area contributed by atoms with Crippen molar-refractivity contribution in [3.63, 3.8) is 0 Å². The Bertz CT molecular complexity index is 537. The van der Waals surface area contributed by atoms with Crippen molar-refractivity contribution in [3.8, 4) is 0 Å². The minimum atomic E-state index is 0.0632. The van der Waals surface area contributed by atoms with Gasteiger partial charge in [-0.15, -0.1) is 0 Å². The van der Waals surface area contributed by atoms with Gasteiger partial charge >= 0.3 is 0 Å². The number of benzene rings is 1. The van der Waals surface area contributed by atoms with E-state index in [1.807, 2.05) is 18.9 Å². The van der Waals surface area contributed by atoms with Gasteiger partial charge in [0.2, 0.25) is 5.91 Å². The average molecular weight is 287 g/mol. The topological polar surface area (TPSA) is 49.6 Å². The number of carbonyl (C=O) groups excluding carboxylic acids is 1. The van der Waals surface area contributed by atoms with Crippen molar-refractivity contribution in [2.75, 3.05) is 25.0 Å². The number of amides is 1. The van der Waals surface area contributed by atoms with Crippen molar-refractivity contribution < 1.29 is 4.79 Å². The van der Waals surface area contributed by atoms with Crippen LogP contribution in [0.5, 0.6) is 0 Å². The monoisotopic (exact) mass is 287 g/mol. The zero-order valence-electron chi connectivity index (χ0n) is 13.0. The summed E-state index contributed by atoms with van der Waals surface area (Å²) < 4.78 is 0. The van der Waals surface area contributed by atoms with Crippen molar-refractivity contribution in [1.82, 2.24) is 4.90 Å². The van der Waals surface area contributed by atoms with Crippen LogP contribution in [-0.2, 0) is 11.2 Å². The summed E-state index contributed by atoms with van der Waals surface area (Å²) in [5, 5.41) is 0. The Hall–Kier alpha value is -1.55. The van der Waals surface area contributed by atoms with E-state index in [0.717, 1.165) is 32.2 Å². The quantitative estimate of drug-likeness (QED) is 0.922. The first-order chi connectivity index (χ1) is 10.1. The SMILES string of the molecule is CC(N)c1ccc2c(c1)CCCN2CC(=O)N(C)C1CC1. The summed E-state index contributed by atoms with van der Waals surface area (Å²) in [5.74, 6) is 0.238. The Morgan fingerprint density at radius 3 is 2.90 bits per heavy atom. The largest absolute Gasteiger partial charge is 0.362 e. The van der Waals surface area contributed by atoms with Crippen molar-refractivity contribution in [3.05, 3.63) is 29.3 Å². The fourth-order valence-electron chi connectivity index (χ4n) is 3.08. The third-order valence-corrected chi connectivity index (χ3v) is 4.66. The summed E-state index contributed by atoms with van der Waals surface area (Å²) >= 11 is 0. The molecule has 0 aromatic heterocycles. The Morgan fingerprint density at radius 1 is 1.48 bits per heavy atom. The summed E-state index contributed by atoms with van der Waals surface area (Å²) in [7, 11) is 1.93. The summed E-state index contributed by atoms with van der Waals surface area (Å²) in [4.78, 5) is 16.5. The van der Waals surface area contributed by atoms with Gasteiger partial charge in [-0.25, -0.2) is 0 Å². The van der Waals surface area contributed by atoms with E-state index in [1.54, 1.807) is 0 Å². The molecule has 1 unspecified atom stereocenters. The lowest BCUT2D eigenvalue weighted by atomic mass is 9.97.